The van der Waals surface area contributed by atoms with Crippen LogP contribution in [0.15, 0.2) is 77.7 Å². The summed E-state index contributed by atoms with van der Waals surface area (Å²) in [6.07, 6.45) is 0.982. The van der Waals surface area contributed by atoms with E-state index >= 15 is 0 Å². The van der Waals surface area contributed by atoms with Crippen LogP contribution < -0.4 is 4.74 Å². The van der Waals surface area contributed by atoms with Crippen LogP contribution in [0.25, 0.3) is 11.1 Å². The Morgan fingerprint density at radius 1 is 0.852 bits per heavy atom. The van der Waals surface area contributed by atoms with Gasteiger partial charge in [0, 0.05) is 0 Å². The fraction of sp³-hybridized carbons (Fsp3) is 0.0952. The minimum Gasteiger partial charge on any atom is -0.423 e. The third-order valence-corrected chi connectivity index (χ3v) is 5.02. The Labute approximate surface area is 158 Å². The number of carbonyl (C=O) groups excluding carboxylic acids is 1. The van der Waals surface area contributed by atoms with E-state index in [1.807, 2.05) is 24.3 Å². The number of hydrogen-bond donors (Lipinski definition) is 1. The number of rotatable bonds is 5. The van der Waals surface area contributed by atoms with Gasteiger partial charge in [-0.15, -0.1) is 0 Å². The summed E-state index contributed by atoms with van der Waals surface area (Å²) < 4.78 is 36.2. The molecule has 0 atom stereocenters. The molecule has 0 saturated heterocycles. The first-order valence-electron chi connectivity index (χ1n) is 8.36. The molecule has 27 heavy (non-hydrogen) atoms. The predicted octanol–water partition coefficient (Wildman–Crippen LogP) is 4.38. The van der Waals surface area contributed by atoms with Crippen molar-refractivity contribution in [3.63, 3.8) is 0 Å². The SMILES string of the molecule is CCc1ccc(-c2ccc(C(=O)Oc3ccc(S(=O)(=O)O)cc3)cc2)cc1. The molecule has 3 aromatic rings. The van der Waals surface area contributed by atoms with Crippen molar-refractivity contribution in [2.45, 2.75) is 18.2 Å². The van der Waals surface area contributed by atoms with Gasteiger partial charge in [-0.05, 0) is 59.5 Å². The van der Waals surface area contributed by atoms with Gasteiger partial charge in [0.1, 0.15) is 5.75 Å². The lowest BCUT2D eigenvalue weighted by Crippen LogP contribution is -2.08. The maximum Gasteiger partial charge on any atom is 0.343 e. The van der Waals surface area contributed by atoms with E-state index in [9.17, 15) is 13.2 Å². The molecule has 0 unspecified atom stereocenters. The van der Waals surface area contributed by atoms with E-state index < -0.39 is 16.1 Å². The zero-order valence-electron chi connectivity index (χ0n) is 14.6. The summed E-state index contributed by atoms with van der Waals surface area (Å²) in [5, 5.41) is 0. The molecule has 138 valence electrons. The van der Waals surface area contributed by atoms with Crippen molar-refractivity contribution in [2.24, 2.45) is 0 Å². The van der Waals surface area contributed by atoms with Crippen LogP contribution in [0.4, 0.5) is 0 Å². The Morgan fingerprint density at radius 2 is 1.37 bits per heavy atom. The molecule has 0 saturated carbocycles. The summed E-state index contributed by atoms with van der Waals surface area (Å²) in [5.74, 6) is -0.367. The van der Waals surface area contributed by atoms with Crippen LogP contribution in [0.2, 0.25) is 0 Å². The highest BCUT2D eigenvalue weighted by molar-refractivity contribution is 7.85. The number of carbonyl (C=O) groups is 1. The maximum absolute atomic E-state index is 12.2. The summed E-state index contributed by atoms with van der Waals surface area (Å²) >= 11 is 0. The van der Waals surface area contributed by atoms with E-state index in [0.717, 1.165) is 17.5 Å². The third-order valence-electron chi connectivity index (χ3n) is 4.15. The molecule has 0 spiro atoms. The monoisotopic (exact) mass is 382 g/mol. The molecular formula is C21H18O5S. The van der Waals surface area contributed by atoms with Gasteiger partial charge in [0.2, 0.25) is 0 Å². The molecule has 0 radical (unpaired) electrons. The van der Waals surface area contributed by atoms with E-state index in [2.05, 4.69) is 19.1 Å². The summed E-state index contributed by atoms with van der Waals surface area (Å²) in [4.78, 5) is 12.0. The van der Waals surface area contributed by atoms with Gasteiger partial charge in [0.25, 0.3) is 10.1 Å². The van der Waals surface area contributed by atoms with Crippen molar-refractivity contribution in [3.8, 4) is 16.9 Å². The van der Waals surface area contributed by atoms with Crippen LogP contribution in [0.5, 0.6) is 5.75 Å². The second-order valence-corrected chi connectivity index (χ2v) is 7.39. The fourth-order valence-electron chi connectivity index (χ4n) is 2.58. The normalized spacial score (nSPS) is 11.2. The first kappa shape index (κ1) is 18.8. The van der Waals surface area contributed by atoms with Crippen LogP contribution in [-0.2, 0) is 16.5 Å². The van der Waals surface area contributed by atoms with E-state index in [4.69, 9.17) is 9.29 Å². The summed E-state index contributed by atoms with van der Waals surface area (Å²) in [5.41, 5.74) is 3.70. The van der Waals surface area contributed by atoms with E-state index in [1.54, 1.807) is 12.1 Å². The summed E-state index contributed by atoms with van der Waals surface area (Å²) in [6, 6.07) is 20.2. The molecule has 0 bridgehead atoms. The van der Waals surface area contributed by atoms with Crippen molar-refractivity contribution < 1.29 is 22.5 Å². The van der Waals surface area contributed by atoms with Crippen molar-refractivity contribution in [3.05, 3.63) is 83.9 Å². The Bertz CT molecular complexity index is 1040. The van der Waals surface area contributed by atoms with Gasteiger partial charge >= 0.3 is 5.97 Å². The van der Waals surface area contributed by atoms with Crippen molar-refractivity contribution >= 4 is 16.1 Å². The number of benzene rings is 3. The quantitative estimate of drug-likeness (QED) is 0.402. The van der Waals surface area contributed by atoms with Gasteiger partial charge in [-0.1, -0.05) is 43.3 Å². The third kappa shape index (κ3) is 4.61. The minimum absolute atomic E-state index is 0.187. The highest BCUT2D eigenvalue weighted by Gasteiger charge is 2.12. The van der Waals surface area contributed by atoms with Crippen LogP contribution in [0.1, 0.15) is 22.8 Å². The Balaban J connectivity index is 1.71. The molecule has 6 heteroatoms. The molecule has 3 rings (SSSR count). The summed E-state index contributed by atoms with van der Waals surface area (Å²) in [7, 11) is -4.28. The molecule has 5 nitrogen and oxygen atoms in total. The van der Waals surface area contributed by atoms with Crippen molar-refractivity contribution in [1.82, 2.24) is 0 Å². The average Bonchev–Trinajstić information content (AvgIpc) is 2.68. The van der Waals surface area contributed by atoms with Crippen LogP contribution in [0.3, 0.4) is 0 Å². The van der Waals surface area contributed by atoms with E-state index in [1.165, 1.54) is 29.8 Å². The molecular weight excluding hydrogens is 364 g/mol. The van der Waals surface area contributed by atoms with E-state index in [-0.39, 0.29) is 10.6 Å². The minimum atomic E-state index is -4.28. The molecule has 0 amide bonds. The van der Waals surface area contributed by atoms with Gasteiger partial charge in [0.15, 0.2) is 0 Å². The average molecular weight is 382 g/mol. The van der Waals surface area contributed by atoms with Crippen LogP contribution in [0, 0.1) is 0 Å². The second kappa shape index (κ2) is 7.73. The molecule has 3 aromatic carbocycles. The Kier molecular flexibility index (Phi) is 5.39. The highest BCUT2D eigenvalue weighted by atomic mass is 32.2. The molecule has 0 fully saturated rings. The second-order valence-electron chi connectivity index (χ2n) is 5.96. The predicted molar refractivity (Wildman–Crippen MR) is 102 cm³/mol. The Hall–Kier alpha value is -2.96. The molecule has 0 aromatic heterocycles. The summed E-state index contributed by atoms with van der Waals surface area (Å²) in [6.45, 7) is 2.10. The topological polar surface area (TPSA) is 80.7 Å². The van der Waals surface area contributed by atoms with Crippen LogP contribution >= 0.6 is 0 Å². The smallest absolute Gasteiger partial charge is 0.343 e. The van der Waals surface area contributed by atoms with Gasteiger partial charge < -0.3 is 4.74 Å². The lowest BCUT2D eigenvalue weighted by atomic mass is 10.0. The van der Waals surface area contributed by atoms with Gasteiger partial charge in [-0.3, -0.25) is 4.55 Å². The first-order valence-corrected chi connectivity index (χ1v) is 9.80. The lowest BCUT2D eigenvalue weighted by Gasteiger charge is -2.07. The standard InChI is InChI=1S/C21H18O5S/c1-2-15-3-5-16(6-4-15)17-7-9-18(10-8-17)21(22)26-19-11-13-20(14-12-19)27(23,24)25/h3-14H,2H2,1H3,(H,23,24,25). The van der Waals surface area contributed by atoms with E-state index in [0.29, 0.717) is 5.56 Å². The number of ether oxygens (including phenoxy) is 1. The highest BCUT2D eigenvalue weighted by Crippen LogP contribution is 2.22. The lowest BCUT2D eigenvalue weighted by molar-refractivity contribution is 0.0734. The largest absolute Gasteiger partial charge is 0.423 e. The number of aryl methyl sites for hydroxylation is 1. The fourth-order valence-corrected chi connectivity index (χ4v) is 3.06. The van der Waals surface area contributed by atoms with Gasteiger partial charge in [-0.2, -0.15) is 8.42 Å². The molecule has 0 heterocycles. The molecule has 0 aliphatic rings. The van der Waals surface area contributed by atoms with Crippen LogP contribution in [-0.4, -0.2) is 18.9 Å². The zero-order valence-corrected chi connectivity index (χ0v) is 15.4. The number of esters is 1. The molecule has 1 N–H and O–H groups in total. The Morgan fingerprint density at radius 3 is 1.85 bits per heavy atom. The molecule has 0 aliphatic heterocycles. The number of hydrogen-bond acceptors (Lipinski definition) is 4. The zero-order chi connectivity index (χ0) is 19.4. The maximum atomic E-state index is 12.2. The van der Waals surface area contributed by atoms with Gasteiger partial charge in [0.05, 0.1) is 10.5 Å². The first-order chi connectivity index (χ1) is 12.9. The van der Waals surface area contributed by atoms with Crippen molar-refractivity contribution in [2.75, 3.05) is 0 Å². The molecule has 0 aliphatic carbocycles. The van der Waals surface area contributed by atoms with Crippen molar-refractivity contribution in [1.29, 1.82) is 0 Å². The van der Waals surface area contributed by atoms with Gasteiger partial charge in [-0.25, -0.2) is 4.79 Å².